The van der Waals surface area contributed by atoms with E-state index in [0.717, 1.165) is 0 Å². The third-order valence-corrected chi connectivity index (χ3v) is 4.78. The Hall–Kier alpha value is -2.09. The largest absolute Gasteiger partial charge is 0.336 e. The van der Waals surface area contributed by atoms with E-state index in [2.05, 4.69) is 5.32 Å². The van der Waals surface area contributed by atoms with E-state index in [1.165, 1.54) is 6.07 Å². The second kappa shape index (κ2) is 5.84. The first-order valence-electron chi connectivity index (χ1n) is 6.84. The zero-order chi connectivity index (χ0) is 16.6. The number of nitrogens with zero attached hydrogens (tertiary/aromatic N) is 1. The zero-order valence-corrected chi connectivity index (χ0v) is 13.6. The van der Waals surface area contributed by atoms with Gasteiger partial charge in [0.25, 0.3) is 0 Å². The number of hydrogen-bond donors (Lipinski definition) is 2. The third-order valence-electron chi connectivity index (χ3n) is 3.57. The van der Waals surface area contributed by atoms with Gasteiger partial charge in [-0.3, -0.25) is 4.90 Å². The fourth-order valence-electron chi connectivity index (χ4n) is 2.53. The average Bonchev–Trinajstić information content (AvgIpc) is 2.92. The van der Waals surface area contributed by atoms with Crippen molar-refractivity contribution in [3.63, 3.8) is 0 Å². The predicted molar refractivity (Wildman–Crippen MR) is 89.0 cm³/mol. The van der Waals surface area contributed by atoms with Crippen molar-refractivity contribution in [1.29, 1.82) is 0 Å². The summed E-state index contributed by atoms with van der Waals surface area (Å²) in [5, 5.41) is 8.49. The lowest BCUT2D eigenvalue weighted by atomic mass is 10.0. The minimum absolute atomic E-state index is 0.0110. The van der Waals surface area contributed by atoms with E-state index >= 15 is 0 Å². The fraction of sp³-hybridized carbons (Fsp3) is 0.133. The van der Waals surface area contributed by atoms with Gasteiger partial charge >= 0.3 is 6.03 Å². The van der Waals surface area contributed by atoms with Gasteiger partial charge in [0.15, 0.2) is 0 Å². The van der Waals surface area contributed by atoms with Crippen LogP contribution in [0, 0.1) is 0 Å². The molecule has 1 fully saturated rings. The minimum Gasteiger partial charge on any atom is -0.336 e. The Morgan fingerprint density at radius 2 is 1.96 bits per heavy atom. The Labute approximate surface area is 138 Å². The van der Waals surface area contributed by atoms with Crippen LogP contribution in [0.15, 0.2) is 47.4 Å². The molecular weight excluding hydrogens is 338 g/mol. The quantitative estimate of drug-likeness (QED) is 0.887. The van der Waals surface area contributed by atoms with Crippen LogP contribution in [0.2, 0.25) is 5.02 Å². The number of rotatable bonds is 3. The molecule has 1 saturated heterocycles. The number of primary sulfonamides is 1. The average molecular weight is 352 g/mol. The Morgan fingerprint density at radius 1 is 1.17 bits per heavy atom. The molecule has 120 valence electrons. The molecule has 2 aromatic carbocycles. The molecule has 0 unspecified atom stereocenters. The second-order valence-corrected chi connectivity index (χ2v) is 7.09. The summed E-state index contributed by atoms with van der Waals surface area (Å²) in [5.74, 6) is 0. The highest BCUT2D eigenvalue weighted by Crippen LogP contribution is 2.32. The first-order chi connectivity index (χ1) is 10.9. The normalized spacial score (nSPS) is 14.9. The summed E-state index contributed by atoms with van der Waals surface area (Å²) >= 11 is 6.00. The van der Waals surface area contributed by atoms with Crippen LogP contribution in [0.1, 0.15) is 0 Å². The van der Waals surface area contributed by atoms with Crippen LogP contribution in [-0.2, 0) is 10.0 Å². The van der Waals surface area contributed by atoms with Gasteiger partial charge in [-0.1, -0.05) is 23.7 Å². The zero-order valence-electron chi connectivity index (χ0n) is 12.0. The number of anilines is 1. The van der Waals surface area contributed by atoms with Crippen LogP contribution in [0.4, 0.5) is 10.5 Å². The van der Waals surface area contributed by atoms with Gasteiger partial charge in [-0.05, 0) is 35.9 Å². The topological polar surface area (TPSA) is 92.5 Å². The van der Waals surface area contributed by atoms with Crippen LogP contribution < -0.4 is 15.4 Å². The molecule has 1 aliphatic heterocycles. The lowest BCUT2D eigenvalue weighted by Crippen LogP contribution is -2.27. The molecule has 0 spiro atoms. The van der Waals surface area contributed by atoms with E-state index in [-0.39, 0.29) is 10.9 Å². The minimum atomic E-state index is -3.91. The van der Waals surface area contributed by atoms with Crippen molar-refractivity contribution in [2.24, 2.45) is 5.14 Å². The van der Waals surface area contributed by atoms with Gasteiger partial charge in [0, 0.05) is 29.4 Å². The monoisotopic (exact) mass is 351 g/mol. The van der Waals surface area contributed by atoms with Crippen LogP contribution >= 0.6 is 11.6 Å². The summed E-state index contributed by atoms with van der Waals surface area (Å²) in [6.45, 7) is 1.06. The predicted octanol–water partition coefficient (Wildman–Crippen LogP) is 2.18. The van der Waals surface area contributed by atoms with Crippen molar-refractivity contribution in [1.82, 2.24) is 5.32 Å². The van der Waals surface area contributed by atoms with Crippen molar-refractivity contribution in [3.8, 4) is 11.1 Å². The van der Waals surface area contributed by atoms with E-state index < -0.39 is 10.0 Å². The van der Waals surface area contributed by atoms with Gasteiger partial charge in [0.05, 0.1) is 4.90 Å². The van der Waals surface area contributed by atoms with Gasteiger partial charge < -0.3 is 5.32 Å². The third kappa shape index (κ3) is 3.17. The number of nitrogens with two attached hydrogens (primary N) is 1. The summed E-state index contributed by atoms with van der Waals surface area (Å²) in [7, 11) is -3.91. The Morgan fingerprint density at radius 3 is 2.57 bits per heavy atom. The molecule has 0 aromatic heterocycles. The highest BCUT2D eigenvalue weighted by molar-refractivity contribution is 7.89. The maximum absolute atomic E-state index is 11.9. The number of carbonyl (C=O) groups excluding carboxylic acids is 1. The standard InChI is InChI=1S/C15H14ClN3O3S/c16-11-3-1-2-10(8-11)13-9-12(19-7-6-18-15(19)20)4-5-14(13)23(17,21)22/h1-5,8-9H,6-7H2,(H,18,20)(H2,17,21,22). The number of carbonyl (C=O) groups is 1. The maximum atomic E-state index is 11.9. The highest BCUT2D eigenvalue weighted by Gasteiger charge is 2.24. The molecule has 3 rings (SSSR count). The molecule has 0 aliphatic carbocycles. The van der Waals surface area contributed by atoms with E-state index in [1.54, 1.807) is 41.3 Å². The number of benzene rings is 2. The van der Waals surface area contributed by atoms with Crippen molar-refractivity contribution < 1.29 is 13.2 Å². The van der Waals surface area contributed by atoms with Gasteiger partial charge in [-0.15, -0.1) is 0 Å². The Kier molecular flexibility index (Phi) is 4.01. The molecule has 0 atom stereocenters. The molecule has 8 heteroatoms. The Balaban J connectivity index is 2.19. The number of nitrogens with one attached hydrogen (secondary N) is 1. The van der Waals surface area contributed by atoms with Crippen molar-refractivity contribution in [3.05, 3.63) is 47.5 Å². The molecule has 0 bridgehead atoms. The van der Waals surface area contributed by atoms with Crippen molar-refractivity contribution in [2.75, 3.05) is 18.0 Å². The lowest BCUT2D eigenvalue weighted by molar-refractivity contribution is 0.252. The van der Waals surface area contributed by atoms with E-state index in [9.17, 15) is 13.2 Å². The smallest absolute Gasteiger partial charge is 0.321 e. The van der Waals surface area contributed by atoms with Crippen molar-refractivity contribution >= 4 is 33.3 Å². The molecule has 1 heterocycles. The molecule has 2 aromatic rings. The Bertz CT molecular complexity index is 883. The summed E-state index contributed by atoms with van der Waals surface area (Å²) in [4.78, 5) is 13.3. The van der Waals surface area contributed by atoms with Crippen LogP contribution in [-0.4, -0.2) is 27.5 Å². The van der Waals surface area contributed by atoms with Crippen LogP contribution in [0.3, 0.4) is 0 Å². The number of hydrogen-bond acceptors (Lipinski definition) is 3. The number of halogens is 1. The van der Waals surface area contributed by atoms with Crippen LogP contribution in [0.5, 0.6) is 0 Å². The van der Waals surface area contributed by atoms with E-state index in [0.29, 0.717) is 34.9 Å². The van der Waals surface area contributed by atoms with Gasteiger partial charge in [-0.2, -0.15) is 0 Å². The van der Waals surface area contributed by atoms with Crippen molar-refractivity contribution in [2.45, 2.75) is 4.90 Å². The lowest BCUT2D eigenvalue weighted by Gasteiger charge is -2.17. The first-order valence-corrected chi connectivity index (χ1v) is 8.77. The summed E-state index contributed by atoms with van der Waals surface area (Å²) in [5.41, 5.74) is 1.62. The molecule has 0 saturated carbocycles. The highest BCUT2D eigenvalue weighted by atomic mass is 35.5. The van der Waals surface area contributed by atoms with E-state index in [1.807, 2.05) is 0 Å². The second-order valence-electron chi connectivity index (χ2n) is 5.12. The van der Waals surface area contributed by atoms with Crippen LogP contribution in [0.25, 0.3) is 11.1 Å². The first kappa shape index (κ1) is 15.8. The fourth-order valence-corrected chi connectivity index (χ4v) is 3.46. The maximum Gasteiger partial charge on any atom is 0.321 e. The molecule has 2 amide bonds. The summed E-state index contributed by atoms with van der Waals surface area (Å²) < 4.78 is 23.7. The molecule has 0 radical (unpaired) electrons. The molecule has 23 heavy (non-hydrogen) atoms. The van der Waals surface area contributed by atoms with Gasteiger partial charge in [0.1, 0.15) is 0 Å². The molecular formula is C15H14ClN3O3S. The van der Waals surface area contributed by atoms with Gasteiger partial charge in [0.2, 0.25) is 10.0 Å². The molecule has 1 aliphatic rings. The van der Waals surface area contributed by atoms with E-state index in [4.69, 9.17) is 16.7 Å². The SMILES string of the molecule is NS(=O)(=O)c1ccc(N2CCNC2=O)cc1-c1cccc(Cl)c1. The molecule has 3 N–H and O–H groups in total. The number of amides is 2. The number of urea groups is 1. The number of sulfonamides is 1. The summed E-state index contributed by atoms with van der Waals surface area (Å²) in [6.07, 6.45) is 0. The summed E-state index contributed by atoms with van der Waals surface area (Å²) in [6, 6.07) is 11.2. The molecule has 6 nitrogen and oxygen atoms in total. The van der Waals surface area contributed by atoms with Gasteiger partial charge in [-0.25, -0.2) is 18.4 Å².